The van der Waals surface area contributed by atoms with E-state index in [1.165, 1.54) is 0 Å². The van der Waals surface area contributed by atoms with Crippen LogP contribution in [-0.2, 0) is 0 Å². The van der Waals surface area contributed by atoms with Gasteiger partial charge in [-0.15, -0.1) is 0 Å². The summed E-state index contributed by atoms with van der Waals surface area (Å²) in [6, 6.07) is 8.22. The van der Waals surface area contributed by atoms with Crippen molar-refractivity contribution >= 4 is 5.84 Å². The average Bonchev–Trinajstić information content (AvgIpc) is 2.78. The van der Waals surface area contributed by atoms with Crippen molar-refractivity contribution in [3.05, 3.63) is 29.8 Å². The van der Waals surface area contributed by atoms with Crippen LogP contribution in [0, 0.1) is 0 Å². The molecule has 0 saturated carbocycles. The van der Waals surface area contributed by atoms with Gasteiger partial charge in [-0.1, -0.05) is 0 Å². The molecule has 1 unspecified atom stereocenters. The molecule has 1 aromatic rings. The van der Waals surface area contributed by atoms with Gasteiger partial charge in [-0.05, 0) is 37.2 Å². The van der Waals surface area contributed by atoms with E-state index in [-0.39, 0.29) is 0 Å². The highest BCUT2D eigenvalue weighted by atomic mass is 16.5. The molecule has 1 heterocycles. The lowest BCUT2D eigenvalue weighted by molar-refractivity contribution is 0.415. The quantitative estimate of drug-likeness (QED) is 0.786. The Hall–Kier alpha value is -1.55. The molecule has 0 aliphatic carbocycles. The highest BCUT2D eigenvalue weighted by Gasteiger charge is 2.16. The van der Waals surface area contributed by atoms with Crippen LogP contribution in [0.1, 0.15) is 12.0 Å². The third-order valence-corrected chi connectivity index (χ3v) is 2.68. The zero-order chi connectivity index (χ0) is 11.4. The summed E-state index contributed by atoms with van der Waals surface area (Å²) in [6.45, 7) is 1.57. The first-order valence-corrected chi connectivity index (χ1v) is 5.49. The van der Waals surface area contributed by atoms with E-state index in [2.05, 4.69) is 10.3 Å². The highest BCUT2D eigenvalue weighted by Crippen LogP contribution is 2.14. The van der Waals surface area contributed by atoms with E-state index in [1.54, 1.807) is 7.11 Å². The number of hydrogen-bond donors (Lipinski definition) is 2. The lowest BCUT2D eigenvalue weighted by Crippen LogP contribution is -2.22. The molecule has 1 aliphatic heterocycles. The van der Waals surface area contributed by atoms with E-state index in [9.17, 15) is 0 Å². The van der Waals surface area contributed by atoms with Gasteiger partial charge in [0.05, 0.1) is 13.2 Å². The van der Waals surface area contributed by atoms with Crippen molar-refractivity contribution in [1.29, 1.82) is 0 Å². The SMILES string of the molecule is COc1ccc(C2=NC(CCN)CN2)cc1. The predicted octanol–water partition coefficient (Wildman–Crippen LogP) is 0.762. The second kappa shape index (κ2) is 4.99. The Morgan fingerprint density at radius 1 is 1.44 bits per heavy atom. The van der Waals surface area contributed by atoms with E-state index in [1.807, 2.05) is 24.3 Å². The number of methoxy groups -OCH3 is 1. The third kappa shape index (κ3) is 2.33. The zero-order valence-corrected chi connectivity index (χ0v) is 9.44. The van der Waals surface area contributed by atoms with Crippen LogP contribution >= 0.6 is 0 Å². The number of benzene rings is 1. The Balaban J connectivity index is 2.09. The summed E-state index contributed by atoms with van der Waals surface area (Å²) >= 11 is 0. The minimum absolute atomic E-state index is 0.321. The summed E-state index contributed by atoms with van der Waals surface area (Å²) < 4.78 is 5.11. The average molecular weight is 219 g/mol. The van der Waals surface area contributed by atoms with Gasteiger partial charge >= 0.3 is 0 Å². The summed E-state index contributed by atoms with van der Waals surface area (Å²) in [6.07, 6.45) is 0.937. The van der Waals surface area contributed by atoms with Crippen molar-refractivity contribution in [3.8, 4) is 5.75 Å². The fourth-order valence-corrected chi connectivity index (χ4v) is 1.77. The molecule has 86 valence electrons. The first kappa shape index (κ1) is 11.0. The maximum atomic E-state index is 5.52. The van der Waals surface area contributed by atoms with Gasteiger partial charge in [0.2, 0.25) is 0 Å². The number of amidine groups is 1. The summed E-state index contributed by atoms with van der Waals surface area (Å²) in [5, 5.41) is 3.30. The molecule has 0 amide bonds. The van der Waals surface area contributed by atoms with E-state index in [0.717, 1.165) is 30.1 Å². The van der Waals surface area contributed by atoms with Crippen LogP contribution in [0.15, 0.2) is 29.3 Å². The van der Waals surface area contributed by atoms with Crippen LogP contribution in [0.4, 0.5) is 0 Å². The number of rotatable bonds is 4. The molecule has 2 rings (SSSR count). The van der Waals surface area contributed by atoms with Crippen LogP contribution in [-0.4, -0.2) is 32.1 Å². The second-order valence-corrected chi connectivity index (χ2v) is 3.82. The van der Waals surface area contributed by atoms with Gasteiger partial charge in [0.1, 0.15) is 11.6 Å². The Kier molecular flexibility index (Phi) is 3.41. The van der Waals surface area contributed by atoms with Gasteiger partial charge in [0, 0.05) is 12.1 Å². The van der Waals surface area contributed by atoms with E-state index < -0.39 is 0 Å². The smallest absolute Gasteiger partial charge is 0.128 e. The zero-order valence-electron chi connectivity index (χ0n) is 9.44. The van der Waals surface area contributed by atoms with Gasteiger partial charge in [-0.3, -0.25) is 4.99 Å². The van der Waals surface area contributed by atoms with E-state index >= 15 is 0 Å². The standard InChI is InChI=1S/C12H17N3O/c1-16-11-4-2-9(3-5-11)12-14-8-10(15-12)6-7-13/h2-5,10H,6-8,13H2,1H3,(H,14,15). The lowest BCUT2D eigenvalue weighted by atomic mass is 10.2. The monoisotopic (exact) mass is 219 g/mol. The third-order valence-electron chi connectivity index (χ3n) is 2.68. The highest BCUT2D eigenvalue weighted by molar-refractivity contribution is 6.00. The molecule has 1 aromatic carbocycles. The summed E-state index contributed by atoms with van der Waals surface area (Å²) in [5.74, 6) is 1.82. The fourth-order valence-electron chi connectivity index (χ4n) is 1.77. The molecular formula is C12H17N3O. The molecule has 16 heavy (non-hydrogen) atoms. The molecule has 0 radical (unpaired) electrons. The molecule has 1 aliphatic rings. The van der Waals surface area contributed by atoms with Crippen LogP contribution in [0.3, 0.4) is 0 Å². The molecule has 4 nitrogen and oxygen atoms in total. The van der Waals surface area contributed by atoms with Gasteiger partial charge in [-0.2, -0.15) is 0 Å². The number of nitrogens with one attached hydrogen (secondary N) is 1. The number of nitrogens with two attached hydrogens (primary N) is 1. The van der Waals surface area contributed by atoms with Crippen LogP contribution in [0.5, 0.6) is 5.75 Å². The largest absolute Gasteiger partial charge is 0.497 e. The maximum Gasteiger partial charge on any atom is 0.128 e. The number of nitrogens with zero attached hydrogens (tertiary/aromatic N) is 1. The molecular weight excluding hydrogens is 202 g/mol. The minimum atomic E-state index is 0.321. The second-order valence-electron chi connectivity index (χ2n) is 3.82. The fraction of sp³-hybridized carbons (Fsp3) is 0.417. The van der Waals surface area contributed by atoms with Crippen molar-refractivity contribution in [1.82, 2.24) is 5.32 Å². The van der Waals surface area contributed by atoms with E-state index in [4.69, 9.17) is 10.5 Å². The Morgan fingerprint density at radius 3 is 2.81 bits per heavy atom. The van der Waals surface area contributed by atoms with Gasteiger partial charge in [-0.25, -0.2) is 0 Å². The Bertz CT molecular complexity index is 372. The van der Waals surface area contributed by atoms with Crippen LogP contribution < -0.4 is 15.8 Å². The molecule has 0 saturated heterocycles. The number of aliphatic imine (C=N–C) groups is 1. The summed E-state index contributed by atoms with van der Waals surface area (Å²) in [4.78, 5) is 4.59. The summed E-state index contributed by atoms with van der Waals surface area (Å²) in [5.41, 5.74) is 6.61. The maximum absolute atomic E-state index is 5.52. The molecule has 0 fully saturated rings. The molecule has 0 bridgehead atoms. The van der Waals surface area contributed by atoms with Crippen molar-refractivity contribution in [2.75, 3.05) is 20.2 Å². The first-order chi connectivity index (χ1) is 7.83. The van der Waals surface area contributed by atoms with E-state index in [0.29, 0.717) is 12.6 Å². The van der Waals surface area contributed by atoms with Gasteiger partial charge in [0.25, 0.3) is 0 Å². The molecule has 0 spiro atoms. The summed E-state index contributed by atoms with van der Waals surface area (Å²) in [7, 11) is 1.66. The predicted molar refractivity (Wildman–Crippen MR) is 65.0 cm³/mol. The van der Waals surface area contributed by atoms with Crippen LogP contribution in [0.25, 0.3) is 0 Å². The number of hydrogen-bond acceptors (Lipinski definition) is 4. The molecule has 3 N–H and O–H groups in total. The van der Waals surface area contributed by atoms with Crippen molar-refractivity contribution in [2.45, 2.75) is 12.5 Å². The molecule has 4 heteroatoms. The normalized spacial score (nSPS) is 19.1. The van der Waals surface area contributed by atoms with Crippen LogP contribution in [0.2, 0.25) is 0 Å². The molecule has 0 aromatic heterocycles. The first-order valence-electron chi connectivity index (χ1n) is 5.49. The van der Waals surface area contributed by atoms with Gasteiger partial charge in [0.15, 0.2) is 0 Å². The van der Waals surface area contributed by atoms with Crippen molar-refractivity contribution < 1.29 is 4.74 Å². The molecule has 1 atom stereocenters. The van der Waals surface area contributed by atoms with Crippen molar-refractivity contribution in [3.63, 3.8) is 0 Å². The Labute approximate surface area is 95.5 Å². The Morgan fingerprint density at radius 2 is 2.19 bits per heavy atom. The topological polar surface area (TPSA) is 59.6 Å². The minimum Gasteiger partial charge on any atom is -0.497 e. The van der Waals surface area contributed by atoms with Gasteiger partial charge < -0.3 is 15.8 Å². The lowest BCUT2D eigenvalue weighted by Gasteiger charge is -2.03. The number of ether oxygens (including phenoxy) is 1. The van der Waals surface area contributed by atoms with Crippen molar-refractivity contribution in [2.24, 2.45) is 10.7 Å².